The van der Waals surface area contributed by atoms with Gasteiger partial charge in [-0.3, -0.25) is 4.79 Å². The van der Waals surface area contributed by atoms with Crippen LogP contribution in [0.15, 0.2) is 24.3 Å². The van der Waals surface area contributed by atoms with E-state index in [0.29, 0.717) is 13.2 Å². The molecule has 1 aromatic rings. The third-order valence-electron chi connectivity index (χ3n) is 3.07. The number of ether oxygens (including phenoxy) is 2. The summed E-state index contributed by atoms with van der Waals surface area (Å²) < 4.78 is 10.2. The number of benzene rings is 1. The van der Waals surface area contributed by atoms with E-state index in [-0.39, 0.29) is 12.5 Å². The first-order valence-corrected chi connectivity index (χ1v) is 6.28. The van der Waals surface area contributed by atoms with Crippen molar-refractivity contribution >= 4 is 11.6 Å². The Bertz CT molecular complexity index is 406. The van der Waals surface area contributed by atoms with Gasteiger partial charge in [0.1, 0.15) is 6.61 Å². The van der Waals surface area contributed by atoms with Crippen molar-refractivity contribution in [3.8, 4) is 0 Å². The van der Waals surface area contributed by atoms with Gasteiger partial charge in [-0.1, -0.05) is 18.2 Å². The topological polar surface area (TPSA) is 38.8 Å². The van der Waals surface area contributed by atoms with Crippen molar-refractivity contribution < 1.29 is 14.3 Å². The predicted molar refractivity (Wildman–Crippen MR) is 69.8 cm³/mol. The number of fused-ring (bicyclic) bond motifs is 1. The van der Waals surface area contributed by atoms with Crippen molar-refractivity contribution in [1.82, 2.24) is 0 Å². The molecule has 0 spiro atoms. The lowest BCUT2D eigenvalue weighted by Crippen LogP contribution is -2.38. The minimum Gasteiger partial charge on any atom is -0.382 e. The van der Waals surface area contributed by atoms with E-state index in [1.54, 1.807) is 7.11 Å². The Labute approximate surface area is 107 Å². The molecule has 18 heavy (non-hydrogen) atoms. The maximum Gasteiger partial charge on any atom is 0.252 e. The largest absolute Gasteiger partial charge is 0.382 e. The van der Waals surface area contributed by atoms with Gasteiger partial charge in [-0.25, -0.2) is 0 Å². The Morgan fingerprint density at radius 2 is 2.17 bits per heavy atom. The zero-order valence-corrected chi connectivity index (χ0v) is 10.7. The van der Waals surface area contributed by atoms with Crippen LogP contribution in [0.25, 0.3) is 0 Å². The Hall–Kier alpha value is -1.39. The number of aryl methyl sites for hydroxylation is 1. The zero-order valence-electron chi connectivity index (χ0n) is 10.7. The number of hydrogen-bond donors (Lipinski definition) is 0. The van der Waals surface area contributed by atoms with Gasteiger partial charge < -0.3 is 14.4 Å². The average molecular weight is 249 g/mol. The number of carbonyl (C=O) groups is 1. The maximum absolute atomic E-state index is 12.1. The van der Waals surface area contributed by atoms with Crippen molar-refractivity contribution in [2.75, 3.05) is 38.4 Å². The van der Waals surface area contributed by atoms with Crippen LogP contribution in [0.2, 0.25) is 0 Å². The number of nitrogens with zero attached hydrogens (tertiary/aromatic N) is 1. The van der Waals surface area contributed by atoms with Crippen molar-refractivity contribution in [1.29, 1.82) is 0 Å². The average Bonchev–Trinajstić information content (AvgIpc) is 2.43. The van der Waals surface area contributed by atoms with Gasteiger partial charge in [0, 0.05) is 19.3 Å². The van der Waals surface area contributed by atoms with E-state index in [1.165, 1.54) is 5.56 Å². The van der Waals surface area contributed by atoms with Crippen molar-refractivity contribution in [3.05, 3.63) is 29.8 Å². The lowest BCUT2D eigenvalue weighted by atomic mass is 10.0. The van der Waals surface area contributed by atoms with Gasteiger partial charge in [-0.15, -0.1) is 0 Å². The van der Waals surface area contributed by atoms with Crippen LogP contribution >= 0.6 is 0 Å². The molecule has 1 heterocycles. The van der Waals surface area contributed by atoms with Crippen molar-refractivity contribution in [2.45, 2.75) is 12.8 Å². The number of anilines is 1. The highest BCUT2D eigenvalue weighted by Crippen LogP contribution is 2.26. The Morgan fingerprint density at radius 1 is 1.33 bits per heavy atom. The van der Waals surface area contributed by atoms with Gasteiger partial charge in [0.2, 0.25) is 0 Å². The molecule has 0 saturated heterocycles. The summed E-state index contributed by atoms with van der Waals surface area (Å²) in [6.07, 6.45) is 2.06. The van der Waals surface area contributed by atoms with Gasteiger partial charge in [0.15, 0.2) is 0 Å². The fourth-order valence-corrected chi connectivity index (χ4v) is 2.17. The molecule has 0 atom stereocenters. The number of hydrogen-bond acceptors (Lipinski definition) is 3. The standard InChI is InChI=1S/C14H19NO3/c1-17-9-10-18-11-14(16)15-8-4-6-12-5-2-3-7-13(12)15/h2-3,5,7H,4,6,8-11H2,1H3. The quantitative estimate of drug-likeness (QED) is 0.744. The summed E-state index contributed by atoms with van der Waals surface area (Å²) >= 11 is 0. The van der Waals surface area contributed by atoms with Crippen LogP contribution in [0.4, 0.5) is 5.69 Å². The molecule has 2 rings (SSSR count). The van der Waals surface area contributed by atoms with Gasteiger partial charge in [-0.2, -0.15) is 0 Å². The summed E-state index contributed by atoms with van der Waals surface area (Å²) in [6.45, 7) is 1.88. The summed E-state index contributed by atoms with van der Waals surface area (Å²) in [5.74, 6) is 0.0262. The number of carbonyl (C=O) groups excluding carboxylic acids is 1. The molecule has 4 nitrogen and oxygen atoms in total. The SMILES string of the molecule is COCCOCC(=O)N1CCCc2ccccc21. The van der Waals surface area contributed by atoms with Crippen LogP contribution in [-0.4, -0.2) is 39.4 Å². The second-order valence-corrected chi connectivity index (χ2v) is 4.32. The Morgan fingerprint density at radius 3 is 3.00 bits per heavy atom. The van der Waals surface area contributed by atoms with Gasteiger partial charge in [0.05, 0.1) is 13.2 Å². The normalized spacial score (nSPS) is 14.4. The van der Waals surface area contributed by atoms with Crippen LogP contribution in [0.1, 0.15) is 12.0 Å². The van der Waals surface area contributed by atoms with Crippen molar-refractivity contribution in [2.24, 2.45) is 0 Å². The van der Waals surface area contributed by atoms with E-state index in [4.69, 9.17) is 9.47 Å². The molecule has 1 amide bonds. The molecular formula is C14H19NO3. The first-order valence-electron chi connectivity index (χ1n) is 6.28. The van der Waals surface area contributed by atoms with Crippen LogP contribution in [0.5, 0.6) is 0 Å². The number of methoxy groups -OCH3 is 1. The minimum absolute atomic E-state index is 0.0262. The molecule has 1 aliphatic heterocycles. The van der Waals surface area contributed by atoms with E-state index in [1.807, 2.05) is 23.1 Å². The molecule has 0 aromatic heterocycles. The zero-order chi connectivity index (χ0) is 12.8. The van der Waals surface area contributed by atoms with E-state index >= 15 is 0 Å². The van der Waals surface area contributed by atoms with E-state index in [2.05, 4.69) is 6.07 Å². The highest BCUT2D eigenvalue weighted by atomic mass is 16.5. The summed E-state index contributed by atoms with van der Waals surface area (Å²) in [5, 5.41) is 0. The molecule has 0 aliphatic carbocycles. The van der Waals surface area contributed by atoms with Gasteiger partial charge >= 0.3 is 0 Å². The summed E-state index contributed by atoms with van der Waals surface area (Å²) in [5.41, 5.74) is 2.28. The molecule has 0 unspecified atom stereocenters. The summed E-state index contributed by atoms with van der Waals surface area (Å²) in [4.78, 5) is 13.9. The van der Waals surface area contributed by atoms with Gasteiger partial charge in [-0.05, 0) is 24.5 Å². The molecule has 4 heteroatoms. The first kappa shape index (κ1) is 13.1. The van der Waals surface area contributed by atoms with E-state index in [9.17, 15) is 4.79 Å². The smallest absolute Gasteiger partial charge is 0.252 e. The minimum atomic E-state index is 0.0262. The molecule has 0 saturated carbocycles. The second-order valence-electron chi connectivity index (χ2n) is 4.32. The molecule has 0 fully saturated rings. The van der Waals surface area contributed by atoms with Crippen LogP contribution in [0.3, 0.4) is 0 Å². The lowest BCUT2D eigenvalue weighted by Gasteiger charge is -2.29. The fourth-order valence-electron chi connectivity index (χ4n) is 2.17. The maximum atomic E-state index is 12.1. The Kier molecular flexibility index (Phi) is 4.73. The third-order valence-corrected chi connectivity index (χ3v) is 3.07. The highest BCUT2D eigenvalue weighted by Gasteiger charge is 2.21. The van der Waals surface area contributed by atoms with E-state index in [0.717, 1.165) is 25.1 Å². The molecule has 1 aliphatic rings. The number of rotatable bonds is 5. The highest BCUT2D eigenvalue weighted by molar-refractivity contribution is 5.95. The monoisotopic (exact) mass is 249 g/mol. The molecule has 0 radical (unpaired) electrons. The number of amides is 1. The summed E-state index contributed by atoms with van der Waals surface area (Å²) in [7, 11) is 1.62. The van der Waals surface area contributed by atoms with Crippen molar-refractivity contribution in [3.63, 3.8) is 0 Å². The second kappa shape index (κ2) is 6.52. The van der Waals surface area contributed by atoms with Crippen LogP contribution < -0.4 is 4.90 Å². The molecule has 1 aromatic carbocycles. The van der Waals surface area contributed by atoms with Crippen LogP contribution in [0, 0.1) is 0 Å². The molecule has 0 N–H and O–H groups in total. The first-order chi connectivity index (χ1) is 8.83. The molecular weight excluding hydrogens is 230 g/mol. The van der Waals surface area contributed by atoms with Gasteiger partial charge in [0.25, 0.3) is 5.91 Å². The molecule has 98 valence electrons. The third kappa shape index (κ3) is 3.09. The molecule has 0 bridgehead atoms. The number of para-hydroxylation sites is 1. The van der Waals surface area contributed by atoms with Crippen LogP contribution in [-0.2, 0) is 20.7 Å². The fraction of sp³-hybridized carbons (Fsp3) is 0.500. The Balaban J connectivity index is 1.95. The predicted octanol–water partition coefficient (Wildman–Crippen LogP) is 1.63. The lowest BCUT2D eigenvalue weighted by molar-refractivity contribution is -0.123. The summed E-state index contributed by atoms with van der Waals surface area (Å²) in [6, 6.07) is 8.07. The van der Waals surface area contributed by atoms with E-state index < -0.39 is 0 Å².